The molecule has 1 unspecified atom stereocenters. The van der Waals surface area contributed by atoms with Crippen LogP contribution in [0.25, 0.3) is 0 Å². The first-order valence-corrected chi connectivity index (χ1v) is 6.53. The van der Waals surface area contributed by atoms with E-state index in [2.05, 4.69) is 23.9 Å². The largest absolute Gasteiger partial charge is 0.389 e. The molecule has 1 aromatic heterocycles. The minimum atomic E-state index is -0.596. The van der Waals surface area contributed by atoms with Crippen molar-refractivity contribution in [3.05, 3.63) is 12.2 Å². The molecule has 1 N–H and O–H groups in total. The van der Waals surface area contributed by atoms with E-state index in [1.54, 1.807) is 6.33 Å². The van der Waals surface area contributed by atoms with Crippen LogP contribution in [0.15, 0.2) is 6.33 Å². The lowest BCUT2D eigenvalue weighted by Crippen LogP contribution is -2.41. The van der Waals surface area contributed by atoms with Gasteiger partial charge in [-0.2, -0.15) is 5.10 Å². The molecule has 0 aromatic carbocycles. The average molecular weight is 237 g/mol. The first kappa shape index (κ1) is 12.6. The fourth-order valence-electron chi connectivity index (χ4n) is 3.10. The molecule has 1 heterocycles. The summed E-state index contributed by atoms with van der Waals surface area (Å²) in [5.74, 6) is 0.910. The predicted octanol–water partition coefficient (Wildman–Crippen LogP) is 2.17. The van der Waals surface area contributed by atoms with E-state index in [-0.39, 0.29) is 5.41 Å². The number of hydrogen-bond acceptors (Lipinski definition) is 3. The third-order valence-electron chi connectivity index (χ3n) is 3.79. The maximum atomic E-state index is 10.7. The zero-order valence-electron chi connectivity index (χ0n) is 11.1. The highest BCUT2D eigenvalue weighted by Gasteiger charge is 2.39. The SMILES string of the molecule is CCn1ncnc1CC1(O)CCCC(C)(C)C1. The number of nitrogens with zero attached hydrogens (tertiary/aromatic N) is 3. The molecule has 1 aliphatic rings. The average Bonchev–Trinajstić information content (AvgIpc) is 2.62. The second kappa shape index (κ2) is 4.41. The minimum Gasteiger partial charge on any atom is -0.389 e. The lowest BCUT2D eigenvalue weighted by molar-refractivity contribution is -0.0401. The van der Waals surface area contributed by atoms with Crippen molar-refractivity contribution in [1.82, 2.24) is 14.8 Å². The monoisotopic (exact) mass is 237 g/mol. The Kier molecular flexibility index (Phi) is 3.25. The van der Waals surface area contributed by atoms with E-state index in [9.17, 15) is 5.11 Å². The van der Waals surface area contributed by atoms with Crippen molar-refractivity contribution in [1.29, 1.82) is 0 Å². The van der Waals surface area contributed by atoms with Crippen molar-refractivity contribution in [2.45, 2.75) is 65.0 Å². The van der Waals surface area contributed by atoms with Crippen LogP contribution in [0.5, 0.6) is 0 Å². The number of aliphatic hydroxyl groups is 1. The molecule has 2 rings (SSSR count). The Morgan fingerprint density at radius 2 is 2.18 bits per heavy atom. The van der Waals surface area contributed by atoms with Crippen LogP contribution in [0.1, 0.15) is 52.3 Å². The molecular weight excluding hydrogens is 214 g/mol. The van der Waals surface area contributed by atoms with Gasteiger partial charge in [-0.15, -0.1) is 0 Å². The number of hydrogen-bond donors (Lipinski definition) is 1. The van der Waals surface area contributed by atoms with Gasteiger partial charge in [0.25, 0.3) is 0 Å². The van der Waals surface area contributed by atoms with Crippen LogP contribution in [0.3, 0.4) is 0 Å². The topological polar surface area (TPSA) is 50.9 Å². The van der Waals surface area contributed by atoms with Crippen molar-refractivity contribution in [3.8, 4) is 0 Å². The molecule has 4 nitrogen and oxygen atoms in total. The number of aryl methyl sites for hydroxylation is 1. The highest BCUT2D eigenvalue weighted by atomic mass is 16.3. The van der Waals surface area contributed by atoms with E-state index in [1.165, 1.54) is 6.42 Å². The van der Waals surface area contributed by atoms with Crippen molar-refractivity contribution in [2.24, 2.45) is 5.41 Å². The molecule has 0 saturated heterocycles. The zero-order chi connectivity index (χ0) is 12.5. The number of aromatic nitrogens is 3. The summed E-state index contributed by atoms with van der Waals surface area (Å²) in [4.78, 5) is 4.27. The predicted molar refractivity (Wildman–Crippen MR) is 66.6 cm³/mol. The van der Waals surface area contributed by atoms with Crippen LogP contribution in [0, 0.1) is 5.41 Å². The second-order valence-electron chi connectivity index (χ2n) is 6.09. The highest BCUT2D eigenvalue weighted by Crippen LogP contribution is 2.42. The molecule has 0 bridgehead atoms. The molecule has 0 amide bonds. The van der Waals surface area contributed by atoms with Gasteiger partial charge in [-0.05, 0) is 31.6 Å². The summed E-state index contributed by atoms with van der Waals surface area (Å²) in [7, 11) is 0. The van der Waals surface area contributed by atoms with E-state index >= 15 is 0 Å². The lowest BCUT2D eigenvalue weighted by Gasteiger charge is -2.41. The van der Waals surface area contributed by atoms with E-state index in [4.69, 9.17) is 0 Å². The molecule has 0 spiro atoms. The summed E-state index contributed by atoms with van der Waals surface area (Å²) < 4.78 is 1.87. The maximum Gasteiger partial charge on any atom is 0.138 e. The summed E-state index contributed by atoms with van der Waals surface area (Å²) in [6.45, 7) is 7.34. The zero-order valence-corrected chi connectivity index (χ0v) is 11.1. The van der Waals surface area contributed by atoms with Gasteiger partial charge in [0.1, 0.15) is 12.2 Å². The summed E-state index contributed by atoms with van der Waals surface area (Å²) in [5.41, 5.74) is -0.355. The van der Waals surface area contributed by atoms with Crippen LogP contribution in [0.4, 0.5) is 0 Å². The van der Waals surface area contributed by atoms with E-state index in [0.29, 0.717) is 6.42 Å². The number of rotatable bonds is 3. The Balaban J connectivity index is 2.12. The van der Waals surface area contributed by atoms with E-state index in [0.717, 1.165) is 31.6 Å². The Labute approximate surface area is 103 Å². The molecule has 96 valence electrons. The minimum absolute atomic E-state index is 0.240. The summed E-state index contributed by atoms with van der Waals surface area (Å²) in [5, 5.41) is 14.9. The molecule has 0 radical (unpaired) electrons. The smallest absolute Gasteiger partial charge is 0.138 e. The van der Waals surface area contributed by atoms with Crippen LogP contribution >= 0.6 is 0 Å². The third kappa shape index (κ3) is 2.86. The van der Waals surface area contributed by atoms with Gasteiger partial charge in [0.2, 0.25) is 0 Å². The molecule has 1 fully saturated rings. The molecule has 4 heteroatoms. The van der Waals surface area contributed by atoms with Gasteiger partial charge in [-0.3, -0.25) is 4.68 Å². The Hall–Kier alpha value is -0.900. The van der Waals surface area contributed by atoms with Crippen molar-refractivity contribution in [2.75, 3.05) is 0 Å². The Bertz CT molecular complexity index is 386. The van der Waals surface area contributed by atoms with Gasteiger partial charge in [0.05, 0.1) is 5.60 Å². The first-order valence-electron chi connectivity index (χ1n) is 6.53. The van der Waals surface area contributed by atoms with Crippen molar-refractivity contribution >= 4 is 0 Å². The maximum absolute atomic E-state index is 10.7. The van der Waals surface area contributed by atoms with Crippen molar-refractivity contribution in [3.63, 3.8) is 0 Å². The highest BCUT2D eigenvalue weighted by molar-refractivity contribution is 4.99. The molecular formula is C13H23N3O. The van der Waals surface area contributed by atoms with Gasteiger partial charge in [0, 0.05) is 13.0 Å². The molecule has 1 saturated carbocycles. The molecule has 1 atom stereocenters. The fourth-order valence-corrected chi connectivity index (χ4v) is 3.10. The van der Waals surface area contributed by atoms with Crippen LogP contribution < -0.4 is 0 Å². The summed E-state index contributed by atoms with van der Waals surface area (Å²) >= 11 is 0. The standard InChI is InChI=1S/C13H23N3O/c1-4-16-11(14-10-15-16)8-13(17)7-5-6-12(2,3)9-13/h10,17H,4-9H2,1-3H3. The molecule has 0 aliphatic heterocycles. The van der Waals surface area contributed by atoms with Gasteiger partial charge in [-0.1, -0.05) is 20.3 Å². The lowest BCUT2D eigenvalue weighted by atomic mass is 9.68. The normalized spacial score (nSPS) is 28.2. The van der Waals surface area contributed by atoms with E-state index < -0.39 is 5.60 Å². The summed E-state index contributed by atoms with van der Waals surface area (Å²) in [6, 6.07) is 0. The van der Waals surface area contributed by atoms with Crippen LogP contribution in [-0.2, 0) is 13.0 Å². The summed E-state index contributed by atoms with van der Waals surface area (Å²) in [6.07, 6.45) is 6.25. The second-order valence-corrected chi connectivity index (χ2v) is 6.09. The molecule has 17 heavy (non-hydrogen) atoms. The van der Waals surface area contributed by atoms with Gasteiger partial charge >= 0.3 is 0 Å². The van der Waals surface area contributed by atoms with Gasteiger partial charge in [0.15, 0.2) is 0 Å². The van der Waals surface area contributed by atoms with Crippen molar-refractivity contribution < 1.29 is 5.11 Å². The fraction of sp³-hybridized carbons (Fsp3) is 0.846. The molecule has 1 aliphatic carbocycles. The van der Waals surface area contributed by atoms with Crippen LogP contribution in [-0.4, -0.2) is 25.5 Å². The first-order chi connectivity index (χ1) is 7.94. The molecule has 1 aromatic rings. The Morgan fingerprint density at radius 1 is 1.41 bits per heavy atom. The van der Waals surface area contributed by atoms with E-state index in [1.807, 2.05) is 11.6 Å². The van der Waals surface area contributed by atoms with Crippen LogP contribution in [0.2, 0.25) is 0 Å². The quantitative estimate of drug-likeness (QED) is 0.876. The van der Waals surface area contributed by atoms with Gasteiger partial charge < -0.3 is 5.11 Å². The van der Waals surface area contributed by atoms with Gasteiger partial charge in [-0.25, -0.2) is 4.98 Å². The Morgan fingerprint density at radius 3 is 2.82 bits per heavy atom. The third-order valence-corrected chi connectivity index (χ3v) is 3.79.